The molecule has 1 aliphatic rings. The standard InChI is InChI=1S/C23H38O7/c1-6-21-17(12-24)9-13(2)7-8-19(26)14(3)10-18(16(5)25)23(29)15(4)20(27)11-22(28)30-21/h7-9,14-18,20-21,23-25,27,29H,6,10-12H2,1-5H3/b8-7+,13-9+. The van der Waals surface area contributed by atoms with Crippen LogP contribution >= 0.6 is 0 Å². The summed E-state index contributed by atoms with van der Waals surface area (Å²) >= 11 is 0. The van der Waals surface area contributed by atoms with E-state index in [1.807, 2.05) is 6.92 Å². The monoisotopic (exact) mass is 426 g/mol. The minimum atomic E-state index is -1.17. The lowest BCUT2D eigenvalue weighted by atomic mass is 9.79. The van der Waals surface area contributed by atoms with E-state index in [0.29, 0.717) is 6.42 Å². The smallest absolute Gasteiger partial charge is 0.308 e. The molecule has 8 atom stereocenters. The van der Waals surface area contributed by atoms with Crippen LogP contribution < -0.4 is 0 Å². The fraction of sp³-hybridized carbons (Fsp3) is 0.739. The second-order valence-corrected chi connectivity index (χ2v) is 8.59. The molecule has 7 nitrogen and oxygen atoms in total. The number of ether oxygens (including phenoxy) is 1. The molecule has 172 valence electrons. The van der Waals surface area contributed by atoms with Crippen LogP contribution in [0.15, 0.2) is 23.8 Å². The van der Waals surface area contributed by atoms with Gasteiger partial charge in [0.2, 0.25) is 0 Å². The zero-order valence-corrected chi connectivity index (χ0v) is 18.7. The Morgan fingerprint density at radius 2 is 1.83 bits per heavy atom. The van der Waals surface area contributed by atoms with Gasteiger partial charge >= 0.3 is 5.97 Å². The van der Waals surface area contributed by atoms with Gasteiger partial charge in [0.1, 0.15) is 6.10 Å². The number of cyclic esters (lactones) is 1. The van der Waals surface area contributed by atoms with Crippen LogP contribution in [-0.2, 0) is 14.3 Å². The molecule has 0 saturated heterocycles. The Kier molecular flexibility index (Phi) is 10.9. The van der Waals surface area contributed by atoms with Crippen molar-refractivity contribution in [3.63, 3.8) is 0 Å². The van der Waals surface area contributed by atoms with E-state index >= 15 is 0 Å². The summed E-state index contributed by atoms with van der Waals surface area (Å²) in [4.78, 5) is 24.9. The zero-order chi connectivity index (χ0) is 23.0. The van der Waals surface area contributed by atoms with Crippen LogP contribution in [0.1, 0.15) is 53.9 Å². The summed E-state index contributed by atoms with van der Waals surface area (Å²) in [7, 11) is 0. The predicted molar refractivity (Wildman–Crippen MR) is 113 cm³/mol. The number of carbonyl (C=O) groups excluding carboxylic acids is 2. The Bertz CT molecular complexity index is 625. The number of esters is 1. The number of hydrogen-bond acceptors (Lipinski definition) is 7. The van der Waals surface area contributed by atoms with Crippen LogP contribution in [0.2, 0.25) is 0 Å². The molecule has 0 spiro atoms. The Balaban J connectivity index is 3.29. The summed E-state index contributed by atoms with van der Waals surface area (Å²) in [6, 6.07) is 0. The average Bonchev–Trinajstić information content (AvgIpc) is 2.70. The quantitative estimate of drug-likeness (QED) is 0.507. The highest BCUT2D eigenvalue weighted by molar-refractivity contribution is 5.91. The van der Waals surface area contributed by atoms with Crippen molar-refractivity contribution in [3.8, 4) is 0 Å². The molecule has 0 amide bonds. The van der Waals surface area contributed by atoms with Crippen molar-refractivity contribution in [1.82, 2.24) is 0 Å². The fourth-order valence-corrected chi connectivity index (χ4v) is 3.86. The summed E-state index contributed by atoms with van der Waals surface area (Å²) < 4.78 is 5.49. The van der Waals surface area contributed by atoms with Gasteiger partial charge in [-0.3, -0.25) is 9.59 Å². The Labute approximate surface area is 179 Å². The molecule has 0 aromatic carbocycles. The van der Waals surface area contributed by atoms with Gasteiger partial charge in [-0.25, -0.2) is 0 Å². The zero-order valence-electron chi connectivity index (χ0n) is 18.7. The van der Waals surface area contributed by atoms with Crippen LogP contribution in [0.5, 0.6) is 0 Å². The normalized spacial score (nSPS) is 39.0. The number of allylic oxidation sites excluding steroid dienone is 3. The number of rotatable bonds is 3. The Hall–Kier alpha value is -1.54. The van der Waals surface area contributed by atoms with Crippen LogP contribution in [0.3, 0.4) is 0 Å². The van der Waals surface area contributed by atoms with E-state index in [-0.39, 0.29) is 25.2 Å². The molecular formula is C23H38O7. The van der Waals surface area contributed by atoms with Gasteiger partial charge in [-0.05, 0) is 32.8 Å². The second-order valence-electron chi connectivity index (χ2n) is 8.59. The lowest BCUT2D eigenvalue weighted by Gasteiger charge is -2.33. The third-order valence-corrected chi connectivity index (χ3v) is 6.05. The van der Waals surface area contributed by atoms with Gasteiger partial charge in [0.05, 0.1) is 31.3 Å². The predicted octanol–water partition coefficient (Wildman–Crippen LogP) is 1.77. The van der Waals surface area contributed by atoms with Crippen molar-refractivity contribution >= 4 is 11.8 Å². The van der Waals surface area contributed by atoms with Gasteiger partial charge in [-0.15, -0.1) is 0 Å². The molecule has 1 aliphatic heterocycles. The molecule has 0 aromatic rings. The maximum Gasteiger partial charge on any atom is 0.308 e. The van der Waals surface area contributed by atoms with Crippen molar-refractivity contribution in [3.05, 3.63) is 23.8 Å². The second kappa shape index (κ2) is 12.3. The number of aliphatic hydroxyl groups excluding tert-OH is 4. The summed E-state index contributed by atoms with van der Waals surface area (Å²) in [5.41, 5.74) is 0.747. The van der Waals surface area contributed by atoms with E-state index in [0.717, 1.165) is 5.57 Å². The van der Waals surface area contributed by atoms with Crippen molar-refractivity contribution < 1.29 is 34.8 Å². The Morgan fingerprint density at radius 3 is 2.37 bits per heavy atom. The third-order valence-electron chi connectivity index (χ3n) is 6.05. The van der Waals surface area contributed by atoms with E-state index in [4.69, 9.17) is 4.74 Å². The highest BCUT2D eigenvalue weighted by Crippen LogP contribution is 2.28. The topological polar surface area (TPSA) is 124 Å². The third kappa shape index (κ3) is 7.61. The summed E-state index contributed by atoms with van der Waals surface area (Å²) in [6.07, 6.45) is 1.53. The first kappa shape index (κ1) is 26.5. The number of aliphatic hydroxyl groups is 4. The molecule has 8 unspecified atom stereocenters. The van der Waals surface area contributed by atoms with Crippen LogP contribution in [-0.4, -0.2) is 63.2 Å². The van der Waals surface area contributed by atoms with Crippen LogP contribution in [0.25, 0.3) is 0 Å². The van der Waals surface area contributed by atoms with E-state index in [1.54, 1.807) is 39.8 Å². The van der Waals surface area contributed by atoms with Gasteiger partial charge in [0, 0.05) is 23.7 Å². The lowest BCUT2D eigenvalue weighted by Crippen LogP contribution is -2.42. The lowest BCUT2D eigenvalue weighted by molar-refractivity contribution is -0.155. The highest BCUT2D eigenvalue weighted by atomic mass is 16.5. The molecule has 1 rings (SSSR count). The molecular weight excluding hydrogens is 388 g/mol. The first-order valence-electron chi connectivity index (χ1n) is 10.8. The summed E-state index contributed by atoms with van der Waals surface area (Å²) in [5, 5.41) is 41.2. The number of hydrogen-bond donors (Lipinski definition) is 4. The maximum absolute atomic E-state index is 12.5. The van der Waals surface area contributed by atoms with Gasteiger partial charge in [-0.2, -0.15) is 0 Å². The van der Waals surface area contributed by atoms with Gasteiger partial charge < -0.3 is 25.2 Å². The minimum absolute atomic E-state index is 0.139. The maximum atomic E-state index is 12.5. The summed E-state index contributed by atoms with van der Waals surface area (Å²) in [6.45, 7) is 8.28. The van der Waals surface area contributed by atoms with E-state index < -0.39 is 54.1 Å². The first-order valence-corrected chi connectivity index (χ1v) is 10.8. The molecule has 0 radical (unpaired) electrons. The van der Waals surface area contributed by atoms with Gasteiger partial charge in [0.25, 0.3) is 0 Å². The largest absolute Gasteiger partial charge is 0.462 e. The summed E-state index contributed by atoms with van der Waals surface area (Å²) in [5.74, 6) is -2.98. The van der Waals surface area contributed by atoms with Gasteiger partial charge in [0.15, 0.2) is 5.78 Å². The van der Waals surface area contributed by atoms with Crippen molar-refractivity contribution in [2.75, 3.05) is 6.61 Å². The first-order chi connectivity index (χ1) is 14.0. The van der Waals surface area contributed by atoms with Crippen molar-refractivity contribution in [2.45, 2.75) is 78.3 Å². The van der Waals surface area contributed by atoms with E-state index in [1.165, 1.54) is 6.08 Å². The fourth-order valence-electron chi connectivity index (χ4n) is 3.86. The minimum Gasteiger partial charge on any atom is -0.462 e. The van der Waals surface area contributed by atoms with Crippen LogP contribution in [0.4, 0.5) is 0 Å². The van der Waals surface area contributed by atoms with E-state index in [9.17, 15) is 30.0 Å². The molecule has 0 fully saturated rings. The average molecular weight is 427 g/mol. The molecule has 0 aromatic heterocycles. The number of ketones is 1. The molecule has 7 heteroatoms. The Morgan fingerprint density at radius 1 is 1.20 bits per heavy atom. The van der Waals surface area contributed by atoms with Gasteiger partial charge in [-0.1, -0.05) is 38.5 Å². The molecule has 0 bridgehead atoms. The highest BCUT2D eigenvalue weighted by Gasteiger charge is 2.35. The van der Waals surface area contributed by atoms with Crippen LogP contribution in [0, 0.1) is 23.7 Å². The molecule has 0 aliphatic carbocycles. The molecule has 0 saturated carbocycles. The molecule has 4 N–H and O–H groups in total. The molecule has 1 heterocycles. The van der Waals surface area contributed by atoms with E-state index in [2.05, 4.69) is 0 Å². The molecule has 30 heavy (non-hydrogen) atoms. The van der Waals surface area contributed by atoms with Crippen molar-refractivity contribution in [1.29, 1.82) is 0 Å². The SMILES string of the molecule is CCC1OC(=O)CC(O)C(C)C(O)C(C(C)O)CC(C)C(=O)/C=C/C(C)=C/C1CO. The van der Waals surface area contributed by atoms with Crippen molar-refractivity contribution in [2.24, 2.45) is 23.7 Å². The number of carbonyl (C=O) groups is 2.